The molecule has 0 saturated heterocycles. The fraction of sp³-hybridized carbons (Fsp3) is 0.833. The molecule has 0 aromatic heterocycles. The molecule has 0 amide bonds. The molecule has 0 radical (unpaired) electrons. The molecule has 0 spiro atoms. The van der Waals surface area contributed by atoms with E-state index in [-0.39, 0.29) is 12.5 Å². The van der Waals surface area contributed by atoms with Gasteiger partial charge in [-0.2, -0.15) is 5.26 Å². The van der Waals surface area contributed by atoms with Gasteiger partial charge in [0.15, 0.2) is 0 Å². The molecule has 124 valence electrons. The summed E-state index contributed by atoms with van der Waals surface area (Å²) in [6.45, 7) is 11.0. The van der Waals surface area contributed by atoms with Crippen LogP contribution in [0.5, 0.6) is 0 Å². The standard InChI is InChI=1S/C18H24N2O3/c1-4-15(2,12-21)14(22)23-18-7-13-5-16(9-18,11-19)8-17(6-13,10-18)20-3/h13,21H,4-10,12H2,1-2H3. The Hall–Kier alpha value is -1.59. The largest absolute Gasteiger partial charge is 0.458 e. The fourth-order valence-electron chi connectivity index (χ4n) is 5.30. The van der Waals surface area contributed by atoms with Crippen LogP contribution < -0.4 is 0 Å². The minimum absolute atomic E-state index is 0.251. The highest BCUT2D eigenvalue weighted by molar-refractivity contribution is 5.77. The fourth-order valence-corrected chi connectivity index (χ4v) is 5.30. The summed E-state index contributed by atoms with van der Waals surface area (Å²) >= 11 is 0. The summed E-state index contributed by atoms with van der Waals surface area (Å²) in [6.07, 6.45) is 4.60. The second-order valence-electron chi connectivity index (χ2n) is 8.38. The number of aliphatic hydroxyl groups is 1. The topological polar surface area (TPSA) is 74.7 Å². The maximum Gasteiger partial charge on any atom is 0.314 e. The van der Waals surface area contributed by atoms with Crippen molar-refractivity contribution in [1.29, 1.82) is 5.26 Å². The third-order valence-electron chi connectivity index (χ3n) is 6.39. The molecule has 1 N–H and O–H groups in total. The van der Waals surface area contributed by atoms with Crippen LogP contribution in [-0.4, -0.2) is 28.8 Å². The molecule has 4 fully saturated rings. The van der Waals surface area contributed by atoms with Crippen LogP contribution in [0.3, 0.4) is 0 Å². The van der Waals surface area contributed by atoms with Crippen molar-refractivity contribution in [3.63, 3.8) is 0 Å². The summed E-state index contributed by atoms with van der Waals surface area (Å²) in [5.74, 6) is -0.104. The lowest BCUT2D eigenvalue weighted by atomic mass is 9.45. The van der Waals surface area contributed by atoms with E-state index in [9.17, 15) is 15.2 Å². The van der Waals surface area contributed by atoms with Crippen LogP contribution in [-0.2, 0) is 9.53 Å². The average Bonchev–Trinajstić information content (AvgIpc) is 2.52. The van der Waals surface area contributed by atoms with Crippen molar-refractivity contribution >= 4 is 5.97 Å². The maximum absolute atomic E-state index is 12.7. The molecule has 23 heavy (non-hydrogen) atoms. The van der Waals surface area contributed by atoms with Gasteiger partial charge in [0, 0.05) is 19.3 Å². The summed E-state index contributed by atoms with van der Waals surface area (Å²) in [4.78, 5) is 16.5. The molecule has 4 bridgehead atoms. The predicted molar refractivity (Wildman–Crippen MR) is 82.9 cm³/mol. The van der Waals surface area contributed by atoms with E-state index >= 15 is 0 Å². The number of aliphatic hydroxyl groups excluding tert-OH is 1. The summed E-state index contributed by atoms with van der Waals surface area (Å²) in [6, 6.07) is 2.45. The molecule has 4 rings (SSSR count). The molecule has 4 aliphatic rings. The van der Waals surface area contributed by atoms with E-state index in [1.54, 1.807) is 6.92 Å². The molecule has 4 aliphatic carbocycles. The van der Waals surface area contributed by atoms with E-state index < -0.39 is 27.9 Å². The van der Waals surface area contributed by atoms with Crippen molar-refractivity contribution < 1.29 is 14.6 Å². The number of hydrogen-bond acceptors (Lipinski definition) is 4. The first kappa shape index (κ1) is 16.3. The Morgan fingerprint density at radius 1 is 1.43 bits per heavy atom. The second-order valence-corrected chi connectivity index (χ2v) is 8.38. The first-order valence-electron chi connectivity index (χ1n) is 8.42. The van der Waals surface area contributed by atoms with Gasteiger partial charge < -0.3 is 14.7 Å². The molecule has 0 heterocycles. The lowest BCUT2D eigenvalue weighted by Crippen LogP contribution is -2.63. The Labute approximate surface area is 137 Å². The van der Waals surface area contributed by atoms with Gasteiger partial charge in [0.2, 0.25) is 5.54 Å². The molecule has 5 atom stereocenters. The quantitative estimate of drug-likeness (QED) is 0.639. The molecule has 4 saturated carbocycles. The third-order valence-corrected chi connectivity index (χ3v) is 6.39. The molecule has 5 unspecified atom stereocenters. The van der Waals surface area contributed by atoms with Crippen molar-refractivity contribution in [2.45, 2.75) is 69.9 Å². The minimum atomic E-state index is -0.908. The molecule has 0 aromatic carbocycles. The number of ether oxygens (including phenoxy) is 1. The number of nitriles is 1. The second kappa shape index (κ2) is 4.95. The van der Waals surface area contributed by atoms with Gasteiger partial charge in [0.25, 0.3) is 0 Å². The van der Waals surface area contributed by atoms with Crippen molar-refractivity contribution in [2.24, 2.45) is 16.7 Å². The predicted octanol–water partition coefficient (Wildman–Crippen LogP) is 2.84. The van der Waals surface area contributed by atoms with Crippen molar-refractivity contribution in [3.8, 4) is 6.07 Å². The normalized spacial score (nSPS) is 43.3. The number of esters is 1. The van der Waals surface area contributed by atoms with Gasteiger partial charge in [-0.15, -0.1) is 0 Å². The van der Waals surface area contributed by atoms with Crippen molar-refractivity contribution in [1.82, 2.24) is 0 Å². The Kier molecular flexibility index (Phi) is 3.50. The van der Waals surface area contributed by atoms with Crippen molar-refractivity contribution in [3.05, 3.63) is 11.4 Å². The van der Waals surface area contributed by atoms with Crippen LogP contribution in [0.2, 0.25) is 0 Å². The average molecular weight is 316 g/mol. The van der Waals surface area contributed by atoms with Gasteiger partial charge >= 0.3 is 5.97 Å². The first-order chi connectivity index (χ1) is 10.8. The first-order valence-corrected chi connectivity index (χ1v) is 8.42. The van der Waals surface area contributed by atoms with Crippen LogP contribution >= 0.6 is 0 Å². The van der Waals surface area contributed by atoms with E-state index in [0.29, 0.717) is 25.7 Å². The highest BCUT2D eigenvalue weighted by Crippen LogP contribution is 2.65. The number of nitrogens with zero attached hydrogens (tertiary/aromatic N) is 2. The minimum Gasteiger partial charge on any atom is -0.458 e. The van der Waals surface area contributed by atoms with E-state index in [2.05, 4.69) is 10.9 Å². The molecule has 0 aliphatic heterocycles. The SMILES string of the molecule is [C-]#[N+]C12CC3CC(C#N)(C1)CC(OC(=O)C(C)(CC)CO)(C3)C2. The Morgan fingerprint density at radius 2 is 2.17 bits per heavy atom. The summed E-state index contributed by atoms with van der Waals surface area (Å²) in [7, 11) is 0. The lowest BCUT2D eigenvalue weighted by molar-refractivity contribution is -0.204. The van der Waals surface area contributed by atoms with Crippen LogP contribution in [0.4, 0.5) is 0 Å². The molecular formula is C18H24N2O3. The molecular weight excluding hydrogens is 292 g/mol. The highest BCUT2D eigenvalue weighted by atomic mass is 16.6. The van der Waals surface area contributed by atoms with E-state index in [4.69, 9.17) is 11.3 Å². The zero-order valence-corrected chi connectivity index (χ0v) is 13.9. The van der Waals surface area contributed by atoms with Gasteiger partial charge in [0.1, 0.15) is 5.60 Å². The molecule has 0 aromatic rings. The Morgan fingerprint density at radius 3 is 2.74 bits per heavy atom. The maximum atomic E-state index is 12.7. The zero-order chi connectivity index (χ0) is 16.9. The smallest absolute Gasteiger partial charge is 0.314 e. The lowest BCUT2D eigenvalue weighted by Gasteiger charge is -2.59. The van der Waals surface area contributed by atoms with Crippen LogP contribution in [0.25, 0.3) is 4.85 Å². The van der Waals surface area contributed by atoms with Gasteiger partial charge in [-0.25, -0.2) is 6.57 Å². The highest BCUT2D eigenvalue weighted by Gasteiger charge is 2.69. The van der Waals surface area contributed by atoms with Crippen LogP contribution in [0.15, 0.2) is 0 Å². The number of rotatable bonds is 4. The monoisotopic (exact) mass is 316 g/mol. The summed E-state index contributed by atoms with van der Waals surface area (Å²) < 4.78 is 5.96. The summed E-state index contributed by atoms with van der Waals surface area (Å²) in [5, 5.41) is 19.3. The van der Waals surface area contributed by atoms with E-state index in [1.807, 2.05) is 6.92 Å². The number of hydrogen-bond donors (Lipinski definition) is 1. The van der Waals surface area contributed by atoms with Gasteiger partial charge in [-0.05, 0) is 32.1 Å². The molecule has 5 heteroatoms. The zero-order valence-electron chi connectivity index (χ0n) is 13.9. The summed E-state index contributed by atoms with van der Waals surface area (Å²) in [5.41, 5.74) is -2.67. The van der Waals surface area contributed by atoms with Gasteiger partial charge in [-0.1, -0.05) is 6.92 Å². The molecule has 5 nitrogen and oxygen atoms in total. The third kappa shape index (κ3) is 2.34. The van der Waals surface area contributed by atoms with E-state index in [0.717, 1.165) is 19.3 Å². The Balaban J connectivity index is 1.92. The number of carbonyl (C=O) groups is 1. The van der Waals surface area contributed by atoms with Crippen LogP contribution in [0.1, 0.15) is 58.8 Å². The number of carbonyl (C=O) groups excluding carboxylic acids is 1. The Bertz CT molecular complexity index is 581. The van der Waals surface area contributed by atoms with E-state index in [1.165, 1.54) is 0 Å². The van der Waals surface area contributed by atoms with Gasteiger partial charge in [0.05, 0.1) is 29.9 Å². The van der Waals surface area contributed by atoms with Crippen LogP contribution in [0, 0.1) is 34.7 Å². The van der Waals surface area contributed by atoms with Crippen molar-refractivity contribution in [2.75, 3.05) is 6.61 Å². The van der Waals surface area contributed by atoms with Gasteiger partial charge in [-0.3, -0.25) is 4.79 Å².